The summed E-state index contributed by atoms with van der Waals surface area (Å²) in [5, 5.41) is 7.82. The lowest BCUT2D eigenvalue weighted by molar-refractivity contribution is 0.100. The molecule has 0 unspecified atom stereocenters. The van der Waals surface area contributed by atoms with Crippen LogP contribution in [0.4, 0.5) is 11.5 Å². The first-order valence-electron chi connectivity index (χ1n) is 13.6. The zero-order chi connectivity index (χ0) is 25.4. The largest absolute Gasteiger partial charge is 0.367 e. The number of rotatable bonds is 7. The molecular weight excluding hydrogens is 460 g/mol. The van der Waals surface area contributed by atoms with Crippen LogP contribution < -0.4 is 21.3 Å². The lowest BCUT2D eigenvalue weighted by Gasteiger charge is -2.41. The van der Waals surface area contributed by atoms with E-state index in [1.807, 2.05) is 18.2 Å². The van der Waals surface area contributed by atoms with Gasteiger partial charge in [0, 0.05) is 53.6 Å². The summed E-state index contributed by atoms with van der Waals surface area (Å²) < 4.78 is 0. The summed E-state index contributed by atoms with van der Waals surface area (Å²) in [5.74, 6) is 1.16. The Bertz CT molecular complexity index is 1260. The number of fused-ring (bicyclic) bond motifs is 2. The second-order valence-electron chi connectivity index (χ2n) is 11.0. The van der Waals surface area contributed by atoms with Crippen molar-refractivity contribution in [2.24, 2.45) is 11.7 Å². The average Bonchev–Trinajstić information content (AvgIpc) is 3.51. The summed E-state index contributed by atoms with van der Waals surface area (Å²) >= 11 is 0. The van der Waals surface area contributed by atoms with Crippen molar-refractivity contribution in [1.82, 2.24) is 15.3 Å². The Morgan fingerprint density at radius 3 is 2.57 bits per heavy atom. The third-order valence-corrected chi connectivity index (χ3v) is 8.48. The second-order valence-corrected chi connectivity index (χ2v) is 11.0. The molecule has 2 aliphatic carbocycles. The van der Waals surface area contributed by atoms with Crippen LogP contribution in [0.1, 0.15) is 54.4 Å². The van der Waals surface area contributed by atoms with Gasteiger partial charge in [-0.25, -0.2) is 9.97 Å². The van der Waals surface area contributed by atoms with E-state index in [1.54, 1.807) is 18.5 Å². The first-order chi connectivity index (χ1) is 18.0. The maximum atomic E-state index is 11.6. The minimum absolute atomic E-state index is 0.320. The van der Waals surface area contributed by atoms with Gasteiger partial charge in [-0.1, -0.05) is 42.7 Å². The van der Waals surface area contributed by atoms with Crippen molar-refractivity contribution in [2.45, 2.75) is 69.6 Å². The monoisotopic (exact) mass is 496 g/mol. The molecule has 3 fully saturated rings. The summed E-state index contributed by atoms with van der Waals surface area (Å²) in [6, 6.07) is 20.1. The van der Waals surface area contributed by atoms with E-state index in [0.29, 0.717) is 29.7 Å². The standard InChI is InChI=1S/C30H36N6O/c1-19-9-11-23(12-10-19)36-17-20-13-27(28(36)14-20)34-24-7-2-3-8-25(24)35-29-16-26(32-18-33-29)21-5-4-6-22(15-21)30(31)37/h4-6,9-12,15-16,18,20,24-25,27-28,34H,2-3,7-8,13-14,17H2,1H3,(H2,31,37)(H,32,33,35)/t20-,24-,25-,27+,28-/m1/s1. The van der Waals surface area contributed by atoms with Crippen molar-refractivity contribution in [1.29, 1.82) is 0 Å². The highest BCUT2D eigenvalue weighted by molar-refractivity contribution is 5.94. The van der Waals surface area contributed by atoms with Gasteiger partial charge in [0.2, 0.25) is 5.91 Å². The van der Waals surface area contributed by atoms with Crippen molar-refractivity contribution in [2.75, 3.05) is 16.8 Å². The van der Waals surface area contributed by atoms with Gasteiger partial charge in [0.05, 0.1) is 5.69 Å². The van der Waals surface area contributed by atoms with Gasteiger partial charge in [-0.3, -0.25) is 4.79 Å². The molecule has 1 amide bonds. The number of primary amides is 1. The van der Waals surface area contributed by atoms with Crippen LogP contribution in [0.25, 0.3) is 11.3 Å². The molecule has 7 heteroatoms. The summed E-state index contributed by atoms with van der Waals surface area (Å²) in [6.45, 7) is 3.33. The first-order valence-corrected chi connectivity index (χ1v) is 13.6. The molecule has 3 aromatic rings. The molecule has 5 atom stereocenters. The molecule has 2 saturated carbocycles. The van der Waals surface area contributed by atoms with Crippen molar-refractivity contribution in [3.05, 3.63) is 72.1 Å². The number of amides is 1. The average molecular weight is 497 g/mol. The number of anilines is 2. The maximum Gasteiger partial charge on any atom is 0.248 e. The molecule has 192 valence electrons. The molecule has 3 aliphatic rings. The minimum atomic E-state index is -0.438. The number of carbonyl (C=O) groups excluding carboxylic acids is 1. The number of benzene rings is 2. The zero-order valence-corrected chi connectivity index (χ0v) is 21.4. The lowest BCUT2D eigenvalue weighted by Crippen LogP contribution is -2.56. The molecule has 1 saturated heterocycles. The number of nitrogens with zero attached hydrogens (tertiary/aromatic N) is 3. The fourth-order valence-electron chi connectivity index (χ4n) is 6.63. The topological polar surface area (TPSA) is 96.2 Å². The van der Waals surface area contributed by atoms with Crippen LogP contribution in [0.2, 0.25) is 0 Å². The molecule has 0 spiro atoms. The van der Waals surface area contributed by atoms with Crippen LogP contribution in [0.3, 0.4) is 0 Å². The molecular formula is C30H36N6O. The SMILES string of the molecule is Cc1ccc(N2C[C@@H]3C[C@H](N[C@@H]4CCCC[C@H]4Nc4cc(-c5cccc(C(N)=O)c5)ncn4)[C@H]2C3)cc1. The molecule has 2 heterocycles. The third-order valence-electron chi connectivity index (χ3n) is 8.48. The number of hydrogen-bond donors (Lipinski definition) is 3. The lowest BCUT2D eigenvalue weighted by atomic mass is 9.89. The summed E-state index contributed by atoms with van der Waals surface area (Å²) in [4.78, 5) is 23.2. The van der Waals surface area contributed by atoms with E-state index in [1.165, 1.54) is 49.9 Å². The van der Waals surface area contributed by atoms with Crippen molar-refractivity contribution >= 4 is 17.4 Å². The number of nitrogens with one attached hydrogen (secondary N) is 2. The molecule has 4 N–H and O–H groups in total. The Hall–Kier alpha value is -3.45. The van der Waals surface area contributed by atoms with Crippen LogP contribution >= 0.6 is 0 Å². The van der Waals surface area contributed by atoms with Crippen molar-refractivity contribution in [3.8, 4) is 11.3 Å². The molecule has 2 bridgehead atoms. The fourth-order valence-corrected chi connectivity index (χ4v) is 6.63. The van der Waals surface area contributed by atoms with Gasteiger partial charge in [-0.2, -0.15) is 0 Å². The minimum Gasteiger partial charge on any atom is -0.367 e. The Morgan fingerprint density at radius 1 is 0.973 bits per heavy atom. The van der Waals surface area contributed by atoms with Gasteiger partial charge in [-0.05, 0) is 62.8 Å². The maximum absolute atomic E-state index is 11.6. The zero-order valence-electron chi connectivity index (χ0n) is 21.4. The van der Waals surface area contributed by atoms with Crippen LogP contribution in [0, 0.1) is 12.8 Å². The van der Waals surface area contributed by atoms with Gasteiger partial charge in [0.15, 0.2) is 0 Å². The fraction of sp³-hybridized carbons (Fsp3) is 0.433. The highest BCUT2D eigenvalue weighted by atomic mass is 16.1. The van der Waals surface area contributed by atoms with Gasteiger partial charge in [0.25, 0.3) is 0 Å². The molecule has 37 heavy (non-hydrogen) atoms. The first kappa shape index (κ1) is 23.9. The van der Waals surface area contributed by atoms with Crippen LogP contribution in [0.5, 0.6) is 0 Å². The highest BCUT2D eigenvalue weighted by Gasteiger charge is 2.46. The van der Waals surface area contributed by atoms with Crippen molar-refractivity contribution < 1.29 is 4.79 Å². The van der Waals surface area contributed by atoms with Gasteiger partial charge < -0.3 is 21.3 Å². The predicted octanol–water partition coefficient (Wildman–Crippen LogP) is 4.53. The number of carbonyl (C=O) groups is 1. The molecule has 1 aliphatic heterocycles. The summed E-state index contributed by atoms with van der Waals surface area (Å²) in [5.41, 5.74) is 10.3. The van der Waals surface area contributed by atoms with E-state index in [2.05, 4.69) is 56.7 Å². The Kier molecular flexibility index (Phi) is 6.55. The molecule has 1 aromatic heterocycles. The quantitative estimate of drug-likeness (QED) is 0.445. The number of piperidine rings is 1. The van der Waals surface area contributed by atoms with E-state index in [4.69, 9.17) is 5.73 Å². The van der Waals surface area contributed by atoms with E-state index >= 15 is 0 Å². The molecule has 7 nitrogen and oxygen atoms in total. The van der Waals surface area contributed by atoms with Gasteiger partial charge >= 0.3 is 0 Å². The predicted molar refractivity (Wildman–Crippen MR) is 148 cm³/mol. The number of hydrogen-bond acceptors (Lipinski definition) is 6. The molecule has 0 radical (unpaired) electrons. The summed E-state index contributed by atoms with van der Waals surface area (Å²) in [7, 11) is 0. The second kappa shape index (κ2) is 10.1. The summed E-state index contributed by atoms with van der Waals surface area (Å²) in [6.07, 6.45) is 8.93. The Balaban J connectivity index is 1.15. The smallest absolute Gasteiger partial charge is 0.248 e. The number of aryl methyl sites for hydroxylation is 1. The molecule has 6 rings (SSSR count). The van der Waals surface area contributed by atoms with Crippen LogP contribution in [-0.2, 0) is 0 Å². The number of nitrogens with two attached hydrogens (primary N) is 1. The molecule has 2 aromatic carbocycles. The Labute approximate surface area is 218 Å². The highest BCUT2D eigenvalue weighted by Crippen LogP contribution is 2.41. The normalized spacial score (nSPS) is 26.8. The van der Waals surface area contributed by atoms with Crippen LogP contribution in [-0.4, -0.2) is 46.6 Å². The van der Waals surface area contributed by atoms with E-state index < -0.39 is 5.91 Å². The van der Waals surface area contributed by atoms with Crippen molar-refractivity contribution in [3.63, 3.8) is 0 Å². The Morgan fingerprint density at radius 2 is 1.78 bits per heavy atom. The van der Waals surface area contributed by atoms with E-state index in [9.17, 15) is 4.79 Å². The number of aromatic nitrogens is 2. The van der Waals surface area contributed by atoms with Crippen LogP contribution in [0.15, 0.2) is 60.9 Å². The third kappa shape index (κ3) is 5.05. The van der Waals surface area contributed by atoms with E-state index in [-0.39, 0.29) is 0 Å². The van der Waals surface area contributed by atoms with Gasteiger partial charge in [0.1, 0.15) is 12.1 Å². The van der Waals surface area contributed by atoms with E-state index in [0.717, 1.165) is 29.4 Å². The van der Waals surface area contributed by atoms with Gasteiger partial charge in [-0.15, -0.1) is 0 Å².